The number of para-hydroxylation sites is 1. The van der Waals surface area contributed by atoms with Gasteiger partial charge in [-0.05, 0) is 78.3 Å². The van der Waals surface area contributed by atoms with Gasteiger partial charge in [-0.3, -0.25) is 9.69 Å². The number of hydrogen-bond donors (Lipinski definition) is 2. The summed E-state index contributed by atoms with van der Waals surface area (Å²) in [6, 6.07) is 21.6. The minimum Gasteiger partial charge on any atom is -0.481 e. The Morgan fingerprint density at radius 1 is 0.905 bits per heavy atom. The monoisotopic (exact) mass is 682 g/mol. The highest BCUT2D eigenvalue weighted by molar-refractivity contribution is 14.1. The number of carbonyl (C=O) groups is 4. The lowest BCUT2D eigenvalue weighted by Crippen LogP contribution is -2.48. The summed E-state index contributed by atoms with van der Waals surface area (Å²) in [5, 5.41) is 11.8. The molecule has 42 heavy (non-hydrogen) atoms. The number of aliphatic carboxylic acids is 1. The van der Waals surface area contributed by atoms with Crippen LogP contribution in [0.2, 0.25) is 0 Å². The van der Waals surface area contributed by atoms with E-state index < -0.39 is 30.0 Å². The summed E-state index contributed by atoms with van der Waals surface area (Å²) in [6.45, 7) is 2.01. The van der Waals surface area contributed by atoms with E-state index in [9.17, 15) is 19.2 Å². The second-order valence-corrected chi connectivity index (χ2v) is 11.0. The van der Waals surface area contributed by atoms with E-state index in [1.54, 1.807) is 55.5 Å². The molecule has 1 atom stereocenters. The molecular weight excluding hydrogens is 651 g/mol. The van der Waals surface area contributed by atoms with Crippen LogP contribution in [0, 0.1) is 3.57 Å². The molecule has 0 saturated carbocycles. The van der Waals surface area contributed by atoms with E-state index in [2.05, 4.69) is 27.9 Å². The van der Waals surface area contributed by atoms with Gasteiger partial charge < -0.3 is 19.9 Å². The van der Waals surface area contributed by atoms with Crippen LogP contribution in [0.1, 0.15) is 60.1 Å². The van der Waals surface area contributed by atoms with Gasteiger partial charge in [-0.1, -0.05) is 55.0 Å². The fourth-order valence-corrected chi connectivity index (χ4v) is 4.99. The third-order valence-corrected chi connectivity index (χ3v) is 7.53. The average Bonchev–Trinajstić information content (AvgIpc) is 2.98. The number of carboxylic acids is 1. The third-order valence-electron chi connectivity index (χ3n) is 6.81. The van der Waals surface area contributed by atoms with Crippen LogP contribution in [0.4, 0.5) is 4.79 Å². The molecule has 1 aliphatic rings. The van der Waals surface area contributed by atoms with Crippen LogP contribution in [-0.2, 0) is 20.9 Å². The molecule has 0 radical (unpaired) electrons. The summed E-state index contributed by atoms with van der Waals surface area (Å²) in [5.74, 6) is -1.85. The highest BCUT2D eigenvalue weighted by Gasteiger charge is 2.38. The van der Waals surface area contributed by atoms with E-state index in [-0.39, 0.29) is 24.4 Å². The van der Waals surface area contributed by atoms with E-state index in [4.69, 9.17) is 14.6 Å². The minimum absolute atomic E-state index is 0.0374. The van der Waals surface area contributed by atoms with Gasteiger partial charge in [-0.25, -0.2) is 14.4 Å². The molecular formula is C32H31IN2O7. The number of ether oxygens (including phenoxy) is 2. The van der Waals surface area contributed by atoms with Crippen molar-refractivity contribution < 1.29 is 33.8 Å². The van der Waals surface area contributed by atoms with Gasteiger partial charge in [0, 0.05) is 27.8 Å². The third kappa shape index (κ3) is 7.96. The molecule has 9 nitrogen and oxygen atoms in total. The molecule has 10 heteroatoms. The zero-order chi connectivity index (χ0) is 30.1. The standard InChI is InChI=1S/C32H31IN2O7/c1-21-28(31(39)41-20-22-10-4-2-5-11-22)29(34-32(40)35(21)19-9-3-6-14-27(36)37)25-12-7-8-13-26(25)42-30(38)23-15-17-24(33)18-16-23/h2,4-5,7-8,10-13,15-18,29H,3,6,9,14,19-20H2,1H3,(H,34,40)(H,36,37). The Bertz CT molecular complexity index is 1470. The second-order valence-electron chi connectivity index (χ2n) is 9.73. The lowest BCUT2D eigenvalue weighted by atomic mass is 9.94. The molecule has 3 aromatic carbocycles. The number of unbranched alkanes of at least 4 members (excludes halogenated alkanes) is 2. The fraction of sp³-hybridized carbons (Fsp3) is 0.250. The number of nitrogens with zero attached hydrogens (tertiary/aromatic N) is 1. The van der Waals surface area contributed by atoms with Crippen molar-refractivity contribution >= 4 is 46.5 Å². The number of urea groups is 1. The molecule has 1 aliphatic heterocycles. The first-order chi connectivity index (χ1) is 20.2. The molecule has 0 saturated heterocycles. The Morgan fingerprint density at radius 2 is 1.60 bits per heavy atom. The molecule has 1 heterocycles. The van der Waals surface area contributed by atoms with Gasteiger partial charge in [0.15, 0.2) is 0 Å². The number of hydrogen-bond acceptors (Lipinski definition) is 6. The molecule has 4 rings (SSSR count). The molecule has 2 N–H and O–H groups in total. The fourth-order valence-electron chi connectivity index (χ4n) is 4.63. The van der Waals surface area contributed by atoms with Gasteiger partial charge in [0.25, 0.3) is 0 Å². The van der Waals surface area contributed by atoms with Crippen LogP contribution in [-0.4, -0.2) is 40.5 Å². The quantitative estimate of drug-likeness (QED) is 0.100. The van der Waals surface area contributed by atoms with Gasteiger partial charge in [-0.15, -0.1) is 0 Å². The highest BCUT2D eigenvalue weighted by Crippen LogP contribution is 2.36. The smallest absolute Gasteiger partial charge is 0.343 e. The molecule has 0 aromatic heterocycles. The van der Waals surface area contributed by atoms with Crippen LogP contribution in [0.25, 0.3) is 0 Å². The summed E-state index contributed by atoms with van der Waals surface area (Å²) in [5.41, 5.74) is 2.23. The topological polar surface area (TPSA) is 122 Å². The highest BCUT2D eigenvalue weighted by atomic mass is 127. The number of rotatable bonds is 12. The normalized spacial score (nSPS) is 14.8. The lowest BCUT2D eigenvalue weighted by Gasteiger charge is -2.35. The summed E-state index contributed by atoms with van der Waals surface area (Å²) < 4.78 is 12.4. The molecule has 0 aliphatic carbocycles. The first kappa shape index (κ1) is 30.8. The van der Waals surface area contributed by atoms with Crippen molar-refractivity contribution in [3.63, 3.8) is 0 Å². The Labute approximate surface area is 257 Å². The number of allylic oxidation sites excluding steroid dienone is 1. The number of benzene rings is 3. The van der Waals surface area contributed by atoms with Crippen molar-refractivity contribution in [3.05, 3.63) is 110 Å². The van der Waals surface area contributed by atoms with Crippen molar-refractivity contribution in [2.45, 2.75) is 45.3 Å². The van der Waals surface area contributed by atoms with E-state index in [0.29, 0.717) is 42.6 Å². The van der Waals surface area contributed by atoms with Crippen molar-refractivity contribution in [2.24, 2.45) is 0 Å². The number of nitrogens with one attached hydrogen (secondary N) is 1. The summed E-state index contributed by atoms with van der Waals surface area (Å²) in [6.07, 6.45) is 1.70. The predicted molar refractivity (Wildman–Crippen MR) is 164 cm³/mol. The number of carboxylic acid groups (broad SMARTS) is 1. The summed E-state index contributed by atoms with van der Waals surface area (Å²) >= 11 is 2.15. The molecule has 218 valence electrons. The van der Waals surface area contributed by atoms with Crippen molar-refractivity contribution in [1.82, 2.24) is 10.2 Å². The molecule has 1 unspecified atom stereocenters. The van der Waals surface area contributed by atoms with E-state index in [1.807, 2.05) is 30.3 Å². The molecule has 2 amide bonds. The van der Waals surface area contributed by atoms with Gasteiger partial charge in [0.1, 0.15) is 12.4 Å². The van der Waals surface area contributed by atoms with Crippen LogP contribution in [0.3, 0.4) is 0 Å². The zero-order valence-electron chi connectivity index (χ0n) is 23.0. The van der Waals surface area contributed by atoms with Crippen LogP contribution >= 0.6 is 22.6 Å². The second kappa shape index (κ2) is 14.6. The molecule has 0 spiro atoms. The van der Waals surface area contributed by atoms with E-state index in [1.165, 1.54) is 4.90 Å². The Hall–Kier alpha value is -4.19. The average molecular weight is 683 g/mol. The Morgan fingerprint density at radius 3 is 2.31 bits per heavy atom. The number of amides is 2. The maximum absolute atomic E-state index is 13.6. The largest absolute Gasteiger partial charge is 0.481 e. The number of esters is 2. The minimum atomic E-state index is -0.940. The van der Waals surface area contributed by atoms with Gasteiger partial charge >= 0.3 is 23.9 Å². The molecule has 3 aromatic rings. The maximum atomic E-state index is 13.6. The first-order valence-corrected chi connectivity index (χ1v) is 14.6. The van der Waals surface area contributed by atoms with Gasteiger partial charge in [0.2, 0.25) is 0 Å². The maximum Gasteiger partial charge on any atom is 0.343 e. The first-order valence-electron chi connectivity index (χ1n) is 13.5. The predicted octanol–water partition coefficient (Wildman–Crippen LogP) is 6.24. The number of carbonyl (C=O) groups excluding carboxylic acids is 3. The lowest BCUT2D eigenvalue weighted by molar-refractivity contribution is -0.141. The van der Waals surface area contributed by atoms with Gasteiger partial charge in [0.05, 0.1) is 17.2 Å². The van der Waals surface area contributed by atoms with Crippen molar-refractivity contribution in [2.75, 3.05) is 6.54 Å². The SMILES string of the molecule is CC1=C(C(=O)OCc2ccccc2)C(c2ccccc2OC(=O)c2ccc(I)cc2)NC(=O)N1CCCCCC(=O)O. The molecule has 0 fully saturated rings. The zero-order valence-corrected chi connectivity index (χ0v) is 25.2. The molecule has 0 bridgehead atoms. The summed E-state index contributed by atoms with van der Waals surface area (Å²) in [4.78, 5) is 52.2. The van der Waals surface area contributed by atoms with Crippen LogP contribution in [0.5, 0.6) is 5.75 Å². The van der Waals surface area contributed by atoms with E-state index >= 15 is 0 Å². The van der Waals surface area contributed by atoms with Gasteiger partial charge in [-0.2, -0.15) is 0 Å². The van der Waals surface area contributed by atoms with Crippen molar-refractivity contribution in [3.8, 4) is 5.75 Å². The van der Waals surface area contributed by atoms with E-state index in [0.717, 1.165) is 9.13 Å². The van der Waals surface area contributed by atoms with Crippen molar-refractivity contribution in [1.29, 1.82) is 0 Å². The summed E-state index contributed by atoms with van der Waals surface area (Å²) in [7, 11) is 0. The van der Waals surface area contributed by atoms with Crippen LogP contribution < -0.4 is 10.1 Å². The Balaban J connectivity index is 1.63. The number of halogens is 1. The Kier molecular flexibility index (Phi) is 10.7. The van der Waals surface area contributed by atoms with Crippen LogP contribution in [0.15, 0.2) is 90.1 Å².